The minimum absolute atomic E-state index is 0.616. The van der Waals surface area contributed by atoms with Crippen molar-refractivity contribution in [1.29, 1.82) is 0 Å². The van der Waals surface area contributed by atoms with E-state index < -0.39 is 0 Å². The smallest absolute Gasteiger partial charge is 0.241 e. The minimum atomic E-state index is 0.616. The van der Waals surface area contributed by atoms with Crippen molar-refractivity contribution in [2.45, 2.75) is 84.1 Å². The summed E-state index contributed by atoms with van der Waals surface area (Å²) >= 11 is 0. The van der Waals surface area contributed by atoms with Gasteiger partial charge in [-0.1, -0.05) is 82.7 Å². The highest BCUT2D eigenvalue weighted by Crippen LogP contribution is 2.24. The lowest BCUT2D eigenvalue weighted by Gasteiger charge is -2.21. The molecule has 1 N–H and O–H groups in total. The van der Waals surface area contributed by atoms with Gasteiger partial charge in [0.15, 0.2) is 0 Å². The van der Waals surface area contributed by atoms with Crippen LogP contribution in [0.25, 0.3) is 0 Å². The average molecular weight is 342 g/mol. The number of nitrogens with zero attached hydrogens (tertiary/aromatic N) is 1. The van der Waals surface area contributed by atoms with Crippen molar-refractivity contribution >= 4 is 0 Å². The highest BCUT2D eigenvalue weighted by atomic mass is 15.1. The van der Waals surface area contributed by atoms with E-state index in [9.17, 15) is 0 Å². The molecule has 25 heavy (non-hydrogen) atoms. The Morgan fingerprint density at radius 2 is 1.64 bits per heavy atom. The second kappa shape index (κ2) is 11.9. The van der Waals surface area contributed by atoms with Gasteiger partial charge in [0.2, 0.25) is 6.33 Å². The zero-order chi connectivity index (χ0) is 17.7. The summed E-state index contributed by atoms with van der Waals surface area (Å²) in [5.41, 5.74) is 1.46. The normalized spacial score (nSPS) is 13.7. The number of aryl methyl sites for hydroxylation is 1. The van der Waals surface area contributed by atoms with Crippen molar-refractivity contribution in [3.8, 4) is 0 Å². The monoisotopic (exact) mass is 341 g/mol. The predicted molar refractivity (Wildman–Crippen MR) is 107 cm³/mol. The summed E-state index contributed by atoms with van der Waals surface area (Å²) in [6.07, 6.45) is 19.8. The maximum Gasteiger partial charge on any atom is 0.241 e. The van der Waals surface area contributed by atoms with Gasteiger partial charge in [-0.25, -0.2) is 4.57 Å². The second-order valence-corrected chi connectivity index (χ2v) is 7.54. The molecular weight excluding hydrogens is 304 g/mol. The Balaban J connectivity index is 1.77. The number of hydrogen-bond donors (Lipinski definition) is 1. The van der Waals surface area contributed by atoms with Crippen molar-refractivity contribution < 1.29 is 4.57 Å². The van der Waals surface area contributed by atoms with E-state index in [-0.39, 0.29) is 0 Å². The Morgan fingerprint density at radius 1 is 0.920 bits per heavy atom. The topological polar surface area (TPSA) is 19.7 Å². The van der Waals surface area contributed by atoms with Crippen LogP contribution in [-0.4, -0.2) is 4.98 Å². The Morgan fingerprint density at radius 3 is 2.32 bits per heavy atom. The summed E-state index contributed by atoms with van der Waals surface area (Å²) in [5.74, 6) is 0.695. The molecular formula is C23H37N2+. The highest BCUT2D eigenvalue weighted by molar-refractivity contribution is 5.14. The zero-order valence-corrected chi connectivity index (χ0v) is 16.3. The molecule has 2 nitrogen and oxygen atoms in total. The molecule has 2 rings (SSSR count). The van der Waals surface area contributed by atoms with Crippen LogP contribution >= 0.6 is 0 Å². The van der Waals surface area contributed by atoms with Gasteiger partial charge in [0.25, 0.3) is 0 Å². The van der Waals surface area contributed by atoms with Crippen molar-refractivity contribution in [1.82, 2.24) is 4.98 Å². The number of benzene rings is 1. The van der Waals surface area contributed by atoms with Crippen LogP contribution in [0, 0.1) is 5.92 Å². The van der Waals surface area contributed by atoms with Crippen molar-refractivity contribution in [2.24, 2.45) is 5.92 Å². The van der Waals surface area contributed by atoms with Gasteiger partial charge in [-0.2, -0.15) is 0 Å². The van der Waals surface area contributed by atoms with E-state index >= 15 is 0 Å². The Hall–Kier alpha value is -1.57. The molecule has 0 bridgehead atoms. The lowest BCUT2D eigenvalue weighted by molar-refractivity contribution is -0.729. The fourth-order valence-corrected chi connectivity index (χ4v) is 3.78. The standard InChI is InChI=1S/C23H36N2/c1-3-4-5-6-7-8-12-15-23(25-19-18-24-20-25)21(2)16-17-22-13-10-9-11-14-22/h9-11,13-14,18-21,23H,3-8,12,15-17H2,1-2H3/p+1. The fourth-order valence-electron chi connectivity index (χ4n) is 3.78. The average Bonchev–Trinajstić information content (AvgIpc) is 3.17. The first-order valence-corrected chi connectivity index (χ1v) is 10.4. The third-order valence-electron chi connectivity index (χ3n) is 5.44. The third-order valence-corrected chi connectivity index (χ3v) is 5.44. The van der Waals surface area contributed by atoms with Crippen LogP contribution < -0.4 is 4.57 Å². The van der Waals surface area contributed by atoms with Crippen molar-refractivity contribution in [2.75, 3.05) is 0 Å². The quantitative estimate of drug-likeness (QED) is 0.328. The van der Waals surface area contributed by atoms with Gasteiger partial charge in [0.05, 0.1) is 0 Å². The molecule has 0 saturated carbocycles. The molecule has 2 heteroatoms. The van der Waals surface area contributed by atoms with Crippen molar-refractivity contribution in [3.63, 3.8) is 0 Å². The van der Waals surface area contributed by atoms with Gasteiger partial charge in [0, 0.05) is 0 Å². The molecule has 0 saturated heterocycles. The van der Waals surface area contributed by atoms with E-state index in [1.54, 1.807) is 0 Å². The molecule has 0 aliphatic rings. The number of aromatic nitrogens is 2. The molecule has 1 heterocycles. The third kappa shape index (κ3) is 7.46. The Labute approximate surface area is 154 Å². The number of imidazole rings is 1. The molecule has 0 spiro atoms. The van der Waals surface area contributed by atoms with Gasteiger partial charge >= 0.3 is 0 Å². The summed E-state index contributed by atoms with van der Waals surface area (Å²) < 4.78 is 2.40. The molecule has 2 aromatic rings. The molecule has 138 valence electrons. The first-order chi connectivity index (χ1) is 12.3. The number of rotatable bonds is 13. The van der Waals surface area contributed by atoms with Crippen LogP contribution in [0.2, 0.25) is 0 Å². The van der Waals surface area contributed by atoms with Crippen molar-refractivity contribution in [3.05, 3.63) is 54.6 Å². The van der Waals surface area contributed by atoms with E-state index in [4.69, 9.17) is 0 Å². The van der Waals surface area contributed by atoms with E-state index in [0.29, 0.717) is 12.0 Å². The van der Waals surface area contributed by atoms with Gasteiger partial charge in [-0.05, 0) is 37.2 Å². The molecule has 0 aliphatic heterocycles. The molecule has 1 aromatic heterocycles. The lowest BCUT2D eigenvalue weighted by atomic mass is 9.90. The maximum atomic E-state index is 3.23. The molecule has 0 aliphatic carbocycles. The number of nitrogens with one attached hydrogen (secondary N) is 1. The summed E-state index contributed by atoms with van der Waals surface area (Å²) in [6.45, 7) is 4.71. The van der Waals surface area contributed by atoms with Gasteiger partial charge in [0.1, 0.15) is 18.4 Å². The van der Waals surface area contributed by atoms with E-state index in [1.807, 2.05) is 6.20 Å². The second-order valence-electron chi connectivity index (χ2n) is 7.54. The number of unbranched alkanes of at least 4 members (excludes halogenated alkanes) is 6. The first kappa shape index (κ1) is 19.8. The Bertz CT molecular complexity index is 532. The number of H-pyrrole nitrogens is 1. The summed E-state index contributed by atoms with van der Waals surface area (Å²) in [7, 11) is 0. The first-order valence-electron chi connectivity index (χ1n) is 10.4. The highest BCUT2D eigenvalue weighted by Gasteiger charge is 2.22. The fraction of sp³-hybridized carbons (Fsp3) is 0.609. The van der Waals surface area contributed by atoms with Crippen LogP contribution in [0.3, 0.4) is 0 Å². The molecule has 0 fully saturated rings. The van der Waals surface area contributed by atoms with Crippen LogP contribution in [0.15, 0.2) is 49.1 Å². The van der Waals surface area contributed by atoms with Crippen LogP contribution in [0.5, 0.6) is 0 Å². The lowest BCUT2D eigenvalue weighted by Crippen LogP contribution is -2.41. The minimum Gasteiger partial charge on any atom is -0.250 e. The van der Waals surface area contributed by atoms with E-state index in [2.05, 4.69) is 66.3 Å². The van der Waals surface area contributed by atoms with Crippen LogP contribution in [0.1, 0.15) is 83.2 Å². The van der Waals surface area contributed by atoms with Crippen LogP contribution in [-0.2, 0) is 6.42 Å². The van der Waals surface area contributed by atoms with Gasteiger partial charge in [-0.15, -0.1) is 0 Å². The number of hydrogen-bond acceptors (Lipinski definition) is 0. The molecule has 0 amide bonds. The largest absolute Gasteiger partial charge is 0.250 e. The predicted octanol–water partition coefficient (Wildman–Crippen LogP) is 6.25. The Kier molecular flexibility index (Phi) is 9.40. The van der Waals surface area contributed by atoms with E-state index in [0.717, 1.165) is 0 Å². The van der Waals surface area contributed by atoms with Gasteiger partial charge < -0.3 is 0 Å². The summed E-state index contributed by atoms with van der Waals surface area (Å²) in [4.78, 5) is 3.23. The molecule has 2 atom stereocenters. The molecule has 2 unspecified atom stereocenters. The summed E-state index contributed by atoms with van der Waals surface area (Å²) in [6, 6.07) is 11.5. The van der Waals surface area contributed by atoms with E-state index in [1.165, 1.54) is 69.8 Å². The van der Waals surface area contributed by atoms with Crippen LogP contribution in [0.4, 0.5) is 0 Å². The molecule has 1 aromatic carbocycles. The molecule has 0 radical (unpaired) electrons. The number of aromatic amines is 1. The summed E-state index contributed by atoms with van der Waals surface area (Å²) in [5, 5.41) is 0. The SMILES string of the molecule is CCCCCCCCCC(C(C)CCc1ccccc1)[n+]1cc[nH]c1. The zero-order valence-electron chi connectivity index (χ0n) is 16.3. The van der Waals surface area contributed by atoms with Gasteiger partial charge in [-0.3, -0.25) is 4.98 Å². The maximum absolute atomic E-state index is 3.23.